The Balaban J connectivity index is 0.00000113. The Labute approximate surface area is 164 Å². The minimum absolute atomic E-state index is 0. The summed E-state index contributed by atoms with van der Waals surface area (Å²) < 4.78 is 0. The molecule has 25 heavy (non-hydrogen) atoms. The second-order valence-corrected chi connectivity index (χ2v) is 6.12. The molecule has 4 rings (SSSR count). The van der Waals surface area contributed by atoms with Crippen LogP contribution in [0.15, 0.2) is 59.5 Å². The molecule has 0 radical (unpaired) electrons. The van der Waals surface area contributed by atoms with Crippen molar-refractivity contribution in [3.05, 3.63) is 70.6 Å². The van der Waals surface area contributed by atoms with Gasteiger partial charge in [0, 0.05) is 52.2 Å². The van der Waals surface area contributed by atoms with Gasteiger partial charge >= 0.3 is 0 Å². The summed E-state index contributed by atoms with van der Waals surface area (Å²) in [5, 5.41) is 1.89. The lowest BCUT2D eigenvalue weighted by molar-refractivity contribution is 0.818. The van der Waals surface area contributed by atoms with E-state index in [1.807, 2.05) is 36.7 Å². The van der Waals surface area contributed by atoms with Crippen molar-refractivity contribution in [2.45, 2.75) is 12.8 Å². The van der Waals surface area contributed by atoms with E-state index < -0.39 is 0 Å². The van der Waals surface area contributed by atoms with Crippen LogP contribution < -0.4 is 0 Å². The SMILES string of the molecule is Cl.Cl.Clc1ccc2[nH]cc(/C=C3\CCCN=C3c3cccnc3)c2c1. The van der Waals surface area contributed by atoms with Gasteiger partial charge in [0.2, 0.25) is 0 Å². The first-order chi connectivity index (χ1) is 11.3. The third-order valence-corrected chi connectivity index (χ3v) is 4.35. The molecule has 1 aromatic carbocycles. The highest BCUT2D eigenvalue weighted by molar-refractivity contribution is 6.31. The second kappa shape index (κ2) is 8.52. The van der Waals surface area contributed by atoms with Crippen LogP contribution in [0.2, 0.25) is 5.02 Å². The van der Waals surface area contributed by atoms with E-state index >= 15 is 0 Å². The Morgan fingerprint density at radius 2 is 2.04 bits per heavy atom. The second-order valence-electron chi connectivity index (χ2n) is 5.68. The first-order valence-electron chi connectivity index (χ1n) is 7.74. The van der Waals surface area contributed by atoms with E-state index in [-0.39, 0.29) is 24.8 Å². The molecular formula is C19H18Cl3N3. The molecule has 1 aliphatic heterocycles. The standard InChI is InChI=1S/C19H16ClN3.2ClH/c20-16-5-6-18-17(10-16)15(12-23-18)9-13-3-2-8-22-19(13)14-4-1-7-21-11-14;;/h1,4-7,9-12,23H,2-3,8H2;2*1H/b13-9+;;. The fourth-order valence-corrected chi connectivity index (χ4v) is 3.19. The van der Waals surface area contributed by atoms with Crippen molar-refractivity contribution >= 4 is 59.1 Å². The summed E-state index contributed by atoms with van der Waals surface area (Å²) in [6.07, 6.45) is 10.0. The first kappa shape index (κ1) is 19.5. The summed E-state index contributed by atoms with van der Waals surface area (Å²) in [5.41, 5.74) is 5.63. The predicted octanol–water partition coefficient (Wildman–Crippen LogP) is 5.73. The number of aliphatic imine (C=N–C) groups is 1. The molecule has 0 fully saturated rings. The highest BCUT2D eigenvalue weighted by Gasteiger charge is 2.15. The van der Waals surface area contributed by atoms with Gasteiger partial charge in [-0.05, 0) is 54.8 Å². The molecule has 0 amide bonds. The van der Waals surface area contributed by atoms with Gasteiger partial charge in [0.25, 0.3) is 0 Å². The Bertz CT molecular complexity index is 914. The topological polar surface area (TPSA) is 41.0 Å². The maximum atomic E-state index is 6.15. The number of nitrogens with one attached hydrogen (secondary N) is 1. The van der Waals surface area contributed by atoms with Crippen LogP contribution in [0.4, 0.5) is 0 Å². The average molecular weight is 395 g/mol. The van der Waals surface area contributed by atoms with E-state index in [0.29, 0.717) is 0 Å². The number of hydrogen-bond acceptors (Lipinski definition) is 2. The summed E-state index contributed by atoms with van der Waals surface area (Å²) in [6.45, 7) is 0.876. The van der Waals surface area contributed by atoms with Crippen molar-refractivity contribution in [3.63, 3.8) is 0 Å². The van der Waals surface area contributed by atoms with E-state index in [1.165, 1.54) is 5.57 Å². The summed E-state index contributed by atoms with van der Waals surface area (Å²) in [4.78, 5) is 12.3. The highest BCUT2D eigenvalue weighted by atomic mass is 35.5. The fourth-order valence-electron chi connectivity index (χ4n) is 3.02. The van der Waals surface area contributed by atoms with Crippen LogP contribution in [0.3, 0.4) is 0 Å². The van der Waals surface area contributed by atoms with Gasteiger partial charge in [-0.1, -0.05) is 11.6 Å². The van der Waals surface area contributed by atoms with Gasteiger partial charge in [-0.25, -0.2) is 0 Å². The van der Waals surface area contributed by atoms with Gasteiger partial charge < -0.3 is 4.98 Å². The third-order valence-electron chi connectivity index (χ3n) is 4.12. The molecule has 0 saturated heterocycles. The Kier molecular flexibility index (Phi) is 6.65. The Morgan fingerprint density at radius 1 is 1.16 bits per heavy atom. The fraction of sp³-hybridized carbons (Fsp3) is 0.158. The lowest BCUT2D eigenvalue weighted by atomic mass is 9.95. The van der Waals surface area contributed by atoms with Crippen molar-refractivity contribution in [1.82, 2.24) is 9.97 Å². The largest absolute Gasteiger partial charge is 0.361 e. The summed E-state index contributed by atoms with van der Waals surface area (Å²) in [6, 6.07) is 9.94. The van der Waals surface area contributed by atoms with Crippen molar-refractivity contribution in [3.8, 4) is 0 Å². The number of allylic oxidation sites excluding steroid dienone is 1. The lowest BCUT2D eigenvalue weighted by Gasteiger charge is -2.16. The van der Waals surface area contributed by atoms with E-state index in [1.54, 1.807) is 6.20 Å². The van der Waals surface area contributed by atoms with Crippen LogP contribution in [0.25, 0.3) is 17.0 Å². The smallest absolute Gasteiger partial charge is 0.0694 e. The zero-order valence-corrected chi connectivity index (χ0v) is 15.8. The first-order valence-corrected chi connectivity index (χ1v) is 8.11. The zero-order valence-electron chi connectivity index (χ0n) is 13.4. The Morgan fingerprint density at radius 3 is 2.84 bits per heavy atom. The third kappa shape index (κ3) is 4.06. The minimum atomic E-state index is 0. The molecule has 3 aromatic rings. The van der Waals surface area contributed by atoms with Crippen molar-refractivity contribution < 1.29 is 0 Å². The number of hydrogen-bond donors (Lipinski definition) is 1. The number of aromatic nitrogens is 2. The Hall–Kier alpha value is -1.81. The van der Waals surface area contributed by atoms with Crippen LogP contribution in [0.1, 0.15) is 24.0 Å². The molecule has 0 aliphatic carbocycles. The van der Waals surface area contributed by atoms with Crippen LogP contribution in [-0.2, 0) is 0 Å². The van der Waals surface area contributed by atoms with Gasteiger partial charge in [-0.15, -0.1) is 24.8 Å². The van der Waals surface area contributed by atoms with Gasteiger partial charge in [0.1, 0.15) is 0 Å². The number of benzene rings is 1. The average Bonchev–Trinajstić information content (AvgIpc) is 2.98. The van der Waals surface area contributed by atoms with E-state index in [4.69, 9.17) is 16.6 Å². The number of pyridine rings is 1. The summed E-state index contributed by atoms with van der Waals surface area (Å²) >= 11 is 6.15. The van der Waals surface area contributed by atoms with Crippen LogP contribution in [0.5, 0.6) is 0 Å². The normalized spacial score (nSPS) is 15.4. The molecule has 1 N–H and O–H groups in total. The van der Waals surface area contributed by atoms with E-state index in [2.05, 4.69) is 22.1 Å². The zero-order chi connectivity index (χ0) is 15.6. The van der Waals surface area contributed by atoms with Gasteiger partial charge in [0.05, 0.1) is 5.71 Å². The molecule has 130 valence electrons. The number of rotatable bonds is 2. The number of aromatic amines is 1. The molecule has 1 aliphatic rings. The quantitative estimate of drug-likeness (QED) is 0.592. The van der Waals surface area contributed by atoms with Gasteiger partial charge in [-0.2, -0.15) is 0 Å². The number of halogens is 3. The summed E-state index contributed by atoms with van der Waals surface area (Å²) in [7, 11) is 0. The highest BCUT2D eigenvalue weighted by Crippen LogP contribution is 2.27. The van der Waals surface area contributed by atoms with Crippen LogP contribution in [-0.4, -0.2) is 22.2 Å². The molecule has 6 heteroatoms. The summed E-state index contributed by atoms with van der Waals surface area (Å²) in [5.74, 6) is 0. The molecule has 0 bridgehead atoms. The van der Waals surface area contributed by atoms with Crippen molar-refractivity contribution in [2.75, 3.05) is 6.54 Å². The van der Waals surface area contributed by atoms with Crippen molar-refractivity contribution in [1.29, 1.82) is 0 Å². The van der Waals surface area contributed by atoms with E-state index in [9.17, 15) is 0 Å². The molecular weight excluding hydrogens is 377 g/mol. The number of H-pyrrole nitrogens is 1. The van der Waals surface area contributed by atoms with E-state index in [0.717, 1.165) is 52.2 Å². The predicted molar refractivity (Wildman–Crippen MR) is 111 cm³/mol. The monoisotopic (exact) mass is 393 g/mol. The lowest BCUT2D eigenvalue weighted by Crippen LogP contribution is -2.11. The molecule has 0 saturated carbocycles. The van der Waals surface area contributed by atoms with Crippen LogP contribution in [0, 0.1) is 0 Å². The molecule has 0 atom stereocenters. The van der Waals surface area contributed by atoms with Gasteiger partial charge in [-0.3, -0.25) is 9.98 Å². The molecule has 3 heterocycles. The maximum absolute atomic E-state index is 6.15. The number of nitrogens with zero attached hydrogens (tertiary/aromatic N) is 2. The minimum Gasteiger partial charge on any atom is -0.361 e. The molecule has 2 aromatic heterocycles. The molecule has 0 unspecified atom stereocenters. The maximum Gasteiger partial charge on any atom is 0.0694 e. The molecule has 3 nitrogen and oxygen atoms in total. The van der Waals surface area contributed by atoms with Crippen molar-refractivity contribution in [2.24, 2.45) is 4.99 Å². The molecule has 0 spiro atoms. The van der Waals surface area contributed by atoms with Crippen LogP contribution >= 0.6 is 36.4 Å². The number of fused-ring (bicyclic) bond motifs is 1. The van der Waals surface area contributed by atoms with Gasteiger partial charge in [0.15, 0.2) is 0 Å².